The fourth-order valence-corrected chi connectivity index (χ4v) is 1.92. The molecular formula is C7H11O8P. The van der Waals surface area contributed by atoms with Crippen LogP contribution in [0.3, 0.4) is 0 Å². The van der Waals surface area contributed by atoms with Gasteiger partial charge in [-0.1, -0.05) is 0 Å². The van der Waals surface area contributed by atoms with E-state index in [1.165, 1.54) is 0 Å². The molecule has 5 N–H and O–H groups in total. The smallest absolute Gasteiger partial charge is 0.469 e. The molecule has 1 aliphatic rings. The fourth-order valence-electron chi connectivity index (χ4n) is 1.36. The summed E-state index contributed by atoms with van der Waals surface area (Å²) < 4.78 is 14.7. The summed E-state index contributed by atoms with van der Waals surface area (Å²) in [5, 5.41) is 27.2. The number of carboxylic acids is 1. The molecule has 0 aromatic heterocycles. The molecule has 1 rings (SSSR count). The lowest BCUT2D eigenvalue weighted by Gasteiger charge is -2.29. The molecule has 16 heavy (non-hydrogen) atoms. The highest BCUT2D eigenvalue weighted by Gasteiger charge is 2.37. The second kappa shape index (κ2) is 4.62. The molecule has 9 heteroatoms. The third-order valence-electron chi connectivity index (χ3n) is 2.07. The quantitative estimate of drug-likeness (QED) is 0.387. The van der Waals surface area contributed by atoms with Crippen LogP contribution in [-0.4, -0.2) is 49.4 Å². The van der Waals surface area contributed by atoms with Gasteiger partial charge in [-0.25, -0.2) is 9.36 Å². The van der Waals surface area contributed by atoms with Crippen molar-refractivity contribution in [1.29, 1.82) is 0 Å². The number of aliphatic hydroxyl groups is 2. The van der Waals surface area contributed by atoms with Crippen LogP contribution in [-0.2, 0) is 13.9 Å². The second-order valence-electron chi connectivity index (χ2n) is 3.32. The van der Waals surface area contributed by atoms with Gasteiger partial charge in [-0.05, 0) is 6.08 Å². The zero-order chi connectivity index (χ0) is 12.5. The van der Waals surface area contributed by atoms with E-state index in [-0.39, 0.29) is 5.57 Å². The zero-order valence-corrected chi connectivity index (χ0v) is 8.82. The van der Waals surface area contributed by atoms with Crippen LogP contribution in [0.25, 0.3) is 0 Å². The van der Waals surface area contributed by atoms with Gasteiger partial charge in [0.2, 0.25) is 0 Å². The molecule has 0 amide bonds. The van der Waals surface area contributed by atoms with E-state index in [1.54, 1.807) is 0 Å². The molecule has 3 unspecified atom stereocenters. The zero-order valence-electron chi connectivity index (χ0n) is 7.92. The van der Waals surface area contributed by atoms with Crippen molar-refractivity contribution in [2.24, 2.45) is 0 Å². The van der Waals surface area contributed by atoms with E-state index in [9.17, 15) is 19.6 Å². The first-order valence-electron chi connectivity index (χ1n) is 4.25. The van der Waals surface area contributed by atoms with Gasteiger partial charge in [-0.3, -0.25) is 4.52 Å². The van der Waals surface area contributed by atoms with Gasteiger partial charge in [0.25, 0.3) is 0 Å². The highest BCUT2D eigenvalue weighted by atomic mass is 31.2. The molecular weight excluding hydrogens is 243 g/mol. The van der Waals surface area contributed by atoms with E-state index < -0.39 is 38.5 Å². The van der Waals surface area contributed by atoms with Gasteiger partial charge in [-0.2, -0.15) is 0 Å². The molecule has 0 heterocycles. The molecule has 0 fully saturated rings. The number of hydrogen-bond donors (Lipinski definition) is 5. The Morgan fingerprint density at radius 3 is 2.44 bits per heavy atom. The third-order valence-corrected chi connectivity index (χ3v) is 2.62. The number of aliphatic hydroxyl groups excluding tert-OH is 2. The van der Waals surface area contributed by atoms with E-state index in [1.807, 2.05) is 0 Å². The summed E-state index contributed by atoms with van der Waals surface area (Å²) in [5.41, 5.74) is -0.267. The number of carbonyl (C=O) groups is 1. The van der Waals surface area contributed by atoms with Crippen LogP contribution in [0.15, 0.2) is 11.6 Å². The van der Waals surface area contributed by atoms with Crippen molar-refractivity contribution in [2.75, 3.05) is 0 Å². The first kappa shape index (κ1) is 13.3. The van der Waals surface area contributed by atoms with Gasteiger partial charge in [0.05, 0.1) is 0 Å². The summed E-state index contributed by atoms with van der Waals surface area (Å²) in [6, 6.07) is 0. The maximum absolute atomic E-state index is 10.6. The van der Waals surface area contributed by atoms with Crippen LogP contribution >= 0.6 is 7.82 Å². The topological polar surface area (TPSA) is 145 Å². The van der Waals surface area contributed by atoms with Crippen LogP contribution in [0.2, 0.25) is 0 Å². The van der Waals surface area contributed by atoms with E-state index in [4.69, 9.17) is 14.9 Å². The lowest BCUT2D eigenvalue weighted by atomic mass is 9.92. The summed E-state index contributed by atoms with van der Waals surface area (Å²) in [5.74, 6) is -1.34. The van der Waals surface area contributed by atoms with Crippen molar-refractivity contribution in [3.05, 3.63) is 11.6 Å². The number of hydrogen-bond acceptors (Lipinski definition) is 5. The molecule has 0 bridgehead atoms. The molecule has 0 saturated carbocycles. The molecule has 92 valence electrons. The van der Waals surface area contributed by atoms with Crippen molar-refractivity contribution in [3.8, 4) is 0 Å². The number of carboxylic acid groups (broad SMARTS) is 1. The van der Waals surface area contributed by atoms with E-state index >= 15 is 0 Å². The molecule has 0 aliphatic heterocycles. The number of aliphatic carboxylic acids is 1. The second-order valence-corrected chi connectivity index (χ2v) is 4.51. The summed E-state index contributed by atoms with van der Waals surface area (Å²) in [6.07, 6.45) is -4.04. The van der Waals surface area contributed by atoms with Crippen molar-refractivity contribution in [1.82, 2.24) is 0 Å². The van der Waals surface area contributed by atoms with Gasteiger partial charge < -0.3 is 25.1 Å². The average Bonchev–Trinajstić information content (AvgIpc) is 2.10. The maximum Gasteiger partial charge on any atom is 0.469 e. The fraction of sp³-hybridized carbons (Fsp3) is 0.571. The van der Waals surface area contributed by atoms with Crippen LogP contribution in [0.5, 0.6) is 0 Å². The van der Waals surface area contributed by atoms with E-state index in [2.05, 4.69) is 4.52 Å². The van der Waals surface area contributed by atoms with Crippen molar-refractivity contribution >= 4 is 13.8 Å². The Bertz CT molecular complexity index is 357. The molecule has 1 aliphatic carbocycles. The Morgan fingerprint density at radius 1 is 1.44 bits per heavy atom. The van der Waals surface area contributed by atoms with Crippen LogP contribution in [0.1, 0.15) is 6.42 Å². The first-order chi connectivity index (χ1) is 7.20. The van der Waals surface area contributed by atoms with Crippen LogP contribution in [0, 0.1) is 0 Å². The SMILES string of the molecule is O=C(O)C1=CC(O)C(O)C(OP(=O)(O)O)C1. The van der Waals surface area contributed by atoms with Crippen LogP contribution in [0.4, 0.5) is 0 Å². The highest BCUT2D eigenvalue weighted by molar-refractivity contribution is 7.46. The molecule has 0 aromatic rings. The Morgan fingerprint density at radius 2 is 2.00 bits per heavy atom. The molecule has 0 spiro atoms. The van der Waals surface area contributed by atoms with Crippen molar-refractivity contribution < 1.29 is 39.0 Å². The lowest BCUT2D eigenvalue weighted by molar-refractivity contribution is -0.134. The minimum Gasteiger partial charge on any atom is -0.478 e. The van der Waals surface area contributed by atoms with E-state index in [0.29, 0.717) is 0 Å². The highest BCUT2D eigenvalue weighted by Crippen LogP contribution is 2.41. The predicted molar refractivity (Wildman–Crippen MR) is 49.3 cm³/mol. The minimum atomic E-state index is -4.85. The Balaban J connectivity index is 2.85. The van der Waals surface area contributed by atoms with Crippen LogP contribution < -0.4 is 0 Å². The summed E-state index contributed by atoms with van der Waals surface area (Å²) in [6.45, 7) is 0. The minimum absolute atomic E-state index is 0.267. The molecule has 0 radical (unpaired) electrons. The maximum atomic E-state index is 10.6. The van der Waals surface area contributed by atoms with Gasteiger partial charge >= 0.3 is 13.8 Å². The molecule has 8 nitrogen and oxygen atoms in total. The van der Waals surface area contributed by atoms with Gasteiger partial charge in [0, 0.05) is 12.0 Å². The van der Waals surface area contributed by atoms with Crippen molar-refractivity contribution in [3.63, 3.8) is 0 Å². The summed E-state index contributed by atoms with van der Waals surface area (Å²) >= 11 is 0. The molecule has 3 atom stereocenters. The molecule has 0 saturated heterocycles. The van der Waals surface area contributed by atoms with Gasteiger partial charge in [0.15, 0.2) is 0 Å². The summed E-state index contributed by atoms with van der Waals surface area (Å²) in [4.78, 5) is 27.7. The number of phosphoric acid groups is 1. The van der Waals surface area contributed by atoms with Crippen molar-refractivity contribution in [2.45, 2.75) is 24.7 Å². The largest absolute Gasteiger partial charge is 0.478 e. The monoisotopic (exact) mass is 254 g/mol. The average molecular weight is 254 g/mol. The third kappa shape index (κ3) is 3.38. The number of rotatable bonds is 3. The number of phosphoric ester groups is 1. The Labute approximate surface area is 90.0 Å². The summed E-state index contributed by atoms with van der Waals surface area (Å²) in [7, 11) is -4.85. The Hall–Kier alpha value is -0.760. The first-order valence-corrected chi connectivity index (χ1v) is 5.78. The Kier molecular flexibility index (Phi) is 3.84. The lowest BCUT2D eigenvalue weighted by Crippen LogP contribution is -2.42. The molecule has 0 aromatic carbocycles. The van der Waals surface area contributed by atoms with Gasteiger partial charge in [0.1, 0.15) is 18.3 Å². The normalized spacial score (nSPS) is 31.0. The predicted octanol–water partition coefficient (Wildman–Crippen LogP) is -1.40. The van der Waals surface area contributed by atoms with Gasteiger partial charge in [-0.15, -0.1) is 0 Å². The standard InChI is InChI=1S/C7H11O8P/c8-4-1-3(7(10)11)2-5(6(4)9)15-16(12,13)14/h1,4-6,8-9H,2H2,(H,10,11)(H2,12,13,14). The van der Waals surface area contributed by atoms with E-state index in [0.717, 1.165) is 6.08 Å².